The third-order valence-electron chi connectivity index (χ3n) is 5.00. The summed E-state index contributed by atoms with van der Waals surface area (Å²) in [5, 5.41) is 7.96. The van der Waals surface area contributed by atoms with Gasteiger partial charge in [-0.3, -0.25) is 9.59 Å². The first-order valence-electron chi connectivity index (χ1n) is 9.88. The van der Waals surface area contributed by atoms with E-state index in [1.54, 1.807) is 17.7 Å². The molecule has 0 aliphatic carbocycles. The minimum absolute atomic E-state index is 0.209. The van der Waals surface area contributed by atoms with E-state index in [2.05, 4.69) is 10.4 Å². The molecule has 160 valence electrons. The van der Waals surface area contributed by atoms with Crippen molar-refractivity contribution in [1.82, 2.24) is 9.78 Å². The first-order valence-corrected chi connectivity index (χ1v) is 10.6. The molecule has 0 radical (unpaired) electrons. The Balaban J connectivity index is 1.95. The lowest BCUT2D eigenvalue weighted by atomic mass is 10.0. The number of nitrogens with one attached hydrogen (secondary N) is 1. The molecule has 1 heterocycles. The summed E-state index contributed by atoms with van der Waals surface area (Å²) in [5.41, 5.74) is 3.06. The lowest BCUT2D eigenvalue weighted by Crippen LogP contribution is -2.25. The zero-order valence-electron chi connectivity index (χ0n) is 17.4. The van der Waals surface area contributed by atoms with Gasteiger partial charge in [0.2, 0.25) is 5.43 Å². The van der Waals surface area contributed by atoms with E-state index in [1.807, 2.05) is 61.5 Å². The van der Waals surface area contributed by atoms with Crippen LogP contribution in [-0.2, 0) is 0 Å². The normalized spacial score (nSPS) is 10.8. The Labute approximate surface area is 195 Å². The van der Waals surface area contributed by atoms with Gasteiger partial charge in [0.25, 0.3) is 5.91 Å². The SMILES string of the molecule is Cc1ccc(-c2c(NC(=O)c3ccc(Cl)cc3Cl)n(-c3ccccc3)nc(C)c2=O)cc1. The minimum Gasteiger partial charge on any atom is -0.306 e. The van der Waals surface area contributed by atoms with Crippen LogP contribution in [0.15, 0.2) is 77.6 Å². The molecule has 0 aliphatic heterocycles. The highest BCUT2D eigenvalue weighted by atomic mass is 35.5. The molecule has 0 saturated carbocycles. The summed E-state index contributed by atoms with van der Waals surface area (Å²) in [6.45, 7) is 3.62. The van der Waals surface area contributed by atoms with E-state index in [-0.39, 0.29) is 21.8 Å². The summed E-state index contributed by atoms with van der Waals surface area (Å²) in [6.07, 6.45) is 0. The number of nitrogens with zero attached hydrogens (tertiary/aromatic N) is 2. The van der Waals surface area contributed by atoms with E-state index < -0.39 is 5.91 Å². The molecule has 0 unspecified atom stereocenters. The van der Waals surface area contributed by atoms with Gasteiger partial charge in [-0.05, 0) is 49.7 Å². The van der Waals surface area contributed by atoms with Crippen LogP contribution in [0, 0.1) is 13.8 Å². The van der Waals surface area contributed by atoms with Crippen molar-refractivity contribution >= 4 is 34.9 Å². The molecule has 0 saturated heterocycles. The number of benzene rings is 3. The predicted octanol–water partition coefficient (Wildman–Crippen LogP) is 6.08. The predicted molar refractivity (Wildman–Crippen MR) is 129 cm³/mol. The number of hydrogen-bond acceptors (Lipinski definition) is 3. The van der Waals surface area contributed by atoms with Crippen LogP contribution < -0.4 is 10.7 Å². The van der Waals surface area contributed by atoms with Crippen molar-refractivity contribution in [2.24, 2.45) is 0 Å². The van der Waals surface area contributed by atoms with Crippen LogP contribution in [0.4, 0.5) is 5.82 Å². The zero-order valence-corrected chi connectivity index (χ0v) is 18.9. The Morgan fingerprint density at radius 1 is 0.938 bits per heavy atom. The van der Waals surface area contributed by atoms with Crippen molar-refractivity contribution in [2.75, 3.05) is 5.32 Å². The fourth-order valence-electron chi connectivity index (χ4n) is 3.35. The molecule has 0 atom stereocenters. The minimum atomic E-state index is -0.477. The number of amides is 1. The highest BCUT2D eigenvalue weighted by Gasteiger charge is 2.21. The second kappa shape index (κ2) is 8.99. The number of halogens is 2. The van der Waals surface area contributed by atoms with Crippen molar-refractivity contribution in [3.63, 3.8) is 0 Å². The Kier molecular flexibility index (Phi) is 6.12. The maximum atomic E-state index is 13.2. The second-order valence-corrected chi connectivity index (χ2v) is 8.17. The molecule has 32 heavy (non-hydrogen) atoms. The van der Waals surface area contributed by atoms with Gasteiger partial charge in [0.15, 0.2) is 0 Å². The van der Waals surface area contributed by atoms with Gasteiger partial charge < -0.3 is 5.32 Å². The topological polar surface area (TPSA) is 64.0 Å². The Hall–Kier alpha value is -3.41. The van der Waals surface area contributed by atoms with E-state index in [4.69, 9.17) is 23.2 Å². The number of aromatic nitrogens is 2. The average molecular weight is 464 g/mol. The molecule has 0 aliphatic rings. The number of rotatable bonds is 4. The zero-order chi connectivity index (χ0) is 22.8. The van der Waals surface area contributed by atoms with Gasteiger partial charge >= 0.3 is 0 Å². The first-order chi connectivity index (χ1) is 15.3. The van der Waals surface area contributed by atoms with Crippen LogP contribution in [0.25, 0.3) is 16.8 Å². The third-order valence-corrected chi connectivity index (χ3v) is 5.55. The summed E-state index contributed by atoms with van der Waals surface area (Å²) < 4.78 is 1.56. The van der Waals surface area contributed by atoms with Crippen LogP contribution in [0.2, 0.25) is 10.0 Å². The molecule has 0 bridgehead atoms. The molecule has 4 rings (SSSR count). The van der Waals surface area contributed by atoms with Gasteiger partial charge in [-0.15, -0.1) is 0 Å². The number of hydrogen-bond donors (Lipinski definition) is 1. The van der Waals surface area contributed by atoms with Gasteiger partial charge in [0, 0.05) is 5.02 Å². The van der Waals surface area contributed by atoms with Gasteiger partial charge in [0.1, 0.15) is 11.5 Å². The van der Waals surface area contributed by atoms with Crippen LogP contribution >= 0.6 is 23.2 Å². The smallest absolute Gasteiger partial charge is 0.258 e. The maximum absolute atomic E-state index is 13.2. The second-order valence-electron chi connectivity index (χ2n) is 7.33. The maximum Gasteiger partial charge on any atom is 0.258 e. The molecular formula is C25H19Cl2N3O2. The molecule has 7 heteroatoms. The van der Waals surface area contributed by atoms with Crippen molar-refractivity contribution in [3.05, 3.63) is 110 Å². The lowest BCUT2D eigenvalue weighted by Gasteiger charge is -2.18. The summed E-state index contributed by atoms with van der Waals surface area (Å²) in [7, 11) is 0. The van der Waals surface area contributed by atoms with Crippen LogP contribution in [0.3, 0.4) is 0 Å². The Bertz CT molecular complexity index is 1360. The Morgan fingerprint density at radius 2 is 1.62 bits per heavy atom. The quantitative estimate of drug-likeness (QED) is 0.399. The Morgan fingerprint density at radius 3 is 2.28 bits per heavy atom. The molecule has 4 aromatic rings. The first kappa shape index (κ1) is 21.8. The highest BCUT2D eigenvalue weighted by Crippen LogP contribution is 2.29. The third kappa shape index (κ3) is 4.31. The van der Waals surface area contributed by atoms with Gasteiger partial charge in [-0.25, -0.2) is 4.68 Å². The van der Waals surface area contributed by atoms with Crippen LogP contribution in [0.5, 0.6) is 0 Å². The highest BCUT2D eigenvalue weighted by molar-refractivity contribution is 6.37. The summed E-state index contributed by atoms with van der Waals surface area (Å²) in [6, 6.07) is 21.5. The van der Waals surface area contributed by atoms with E-state index >= 15 is 0 Å². The molecule has 3 aromatic carbocycles. The number of para-hydroxylation sites is 1. The van der Waals surface area contributed by atoms with E-state index in [1.165, 1.54) is 12.1 Å². The molecule has 1 aromatic heterocycles. The molecule has 1 N–H and O–H groups in total. The van der Waals surface area contributed by atoms with Crippen molar-refractivity contribution in [3.8, 4) is 16.8 Å². The molecule has 1 amide bonds. The molecule has 0 fully saturated rings. The largest absolute Gasteiger partial charge is 0.306 e. The van der Waals surface area contributed by atoms with Gasteiger partial charge in [0.05, 0.1) is 21.8 Å². The van der Waals surface area contributed by atoms with E-state index in [0.29, 0.717) is 27.5 Å². The van der Waals surface area contributed by atoms with E-state index in [0.717, 1.165) is 5.56 Å². The van der Waals surface area contributed by atoms with Gasteiger partial charge in [-0.1, -0.05) is 71.2 Å². The van der Waals surface area contributed by atoms with Crippen molar-refractivity contribution < 1.29 is 4.79 Å². The van der Waals surface area contributed by atoms with E-state index in [9.17, 15) is 9.59 Å². The van der Waals surface area contributed by atoms with Crippen LogP contribution in [0.1, 0.15) is 21.6 Å². The number of aryl methyl sites for hydroxylation is 2. The van der Waals surface area contributed by atoms with Crippen LogP contribution in [-0.4, -0.2) is 15.7 Å². The lowest BCUT2D eigenvalue weighted by molar-refractivity contribution is 0.102. The van der Waals surface area contributed by atoms with Crippen molar-refractivity contribution in [2.45, 2.75) is 13.8 Å². The summed E-state index contributed by atoms with van der Waals surface area (Å²) in [5.74, 6) is -0.221. The summed E-state index contributed by atoms with van der Waals surface area (Å²) >= 11 is 12.2. The summed E-state index contributed by atoms with van der Waals surface area (Å²) in [4.78, 5) is 26.4. The molecule has 5 nitrogen and oxygen atoms in total. The number of anilines is 1. The average Bonchev–Trinajstić information content (AvgIpc) is 2.77. The number of carbonyl (C=O) groups excluding carboxylic acids is 1. The van der Waals surface area contributed by atoms with Gasteiger partial charge in [-0.2, -0.15) is 5.10 Å². The molecular weight excluding hydrogens is 445 g/mol. The standard InChI is InChI=1S/C25H19Cl2N3O2/c1-15-8-10-17(11-9-15)22-23(31)16(2)29-30(19-6-4-3-5-7-19)24(22)28-25(32)20-13-12-18(26)14-21(20)27/h3-14H,1-2H3,(H,28,32). The monoisotopic (exact) mass is 463 g/mol. The fourth-order valence-corrected chi connectivity index (χ4v) is 3.84. The fraction of sp³-hybridized carbons (Fsp3) is 0.0800. The molecule has 0 spiro atoms. The number of carbonyl (C=O) groups is 1. The van der Waals surface area contributed by atoms with Crippen molar-refractivity contribution in [1.29, 1.82) is 0 Å².